The summed E-state index contributed by atoms with van der Waals surface area (Å²) in [5, 5.41) is 10.6. The Hall–Kier alpha value is -4.29. The van der Waals surface area contributed by atoms with Crippen molar-refractivity contribution in [3.05, 3.63) is 109 Å². The van der Waals surface area contributed by atoms with Crippen LogP contribution in [-0.2, 0) is 0 Å². The van der Waals surface area contributed by atoms with Gasteiger partial charge in [-0.05, 0) is 36.4 Å². The number of fused-ring (bicyclic) bond motifs is 15. The average molecular weight is 563 g/mol. The molecule has 0 aliphatic rings. The first-order valence-corrected chi connectivity index (χ1v) is 15.8. The molecule has 5 aromatic carbocycles. The lowest BCUT2D eigenvalue weighted by atomic mass is 10.0. The Labute approximate surface area is 240 Å². The molecular weight excluding hydrogens is 545 g/mol. The van der Waals surface area contributed by atoms with E-state index in [9.17, 15) is 0 Å². The standard InChI is InChI=1S/C35H18N2S3/c1-4-14-24-21(10-1)28-31(37(24)25-15-7-12-20-19-9-2-5-16-26(19)38-32(20)25)29-23-13-8-18-36-35(23)40-34(29)30-22-11-3-6-17-27(22)39-33(28)30/h1-18H. The van der Waals surface area contributed by atoms with Crippen LogP contribution in [0.2, 0.25) is 0 Å². The maximum absolute atomic E-state index is 4.85. The summed E-state index contributed by atoms with van der Waals surface area (Å²) in [5.41, 5.74) is 3.78. The number of benzene rings is 5. The molecule has 2 nitrogen and oxygen atoms in total. The van der Waals surface area contributed by atoms with Crippen molar-refractivity contribution < 1.29 is 0 Å². The normalized spacial score (nSPS) is 12.5. The summed E-state index contributed by atoms with van der Waals surface area (Å²) in [4.78, 5) is 5.94. The van der Waals surface area contributed by atoms with E-state index in [2.05, 4.69) is 108 Å². The number of para-hydroxylation sites is 1. The van der Waals surface area contributed by atoms with Gasteiger partial charge in [-0.1, -0.05) is 66.7 Å². The highest BCUT2D eigenvalue weighted by Gasteiger charge is 2.25. The van der Waals surface area contributed by atoms with Crippen LogP contribution in [0.5, 0.6) is 0 Å². The summed E-state index contributed by atoms with van der Waals surface area (Å²) >= 11 is 5.65. The highest BCUT2D eigenvalue weighted by atomic mass is 32.1. The summed E-state index contributed by atoms with van der Waals surface area (Å²) in [6, 6.07) is 37.7. The number of nitrogens with zero attached hydrogens (tertiary/aromatic N) is 2. The van der Waals surface area contributed by atoms with Gasteiger partial charge in [-0.25, -0.2) is 4.98 Å². The molecule has 0 radical (unpaired) electrons. The van der Waals surface area contributed by atoms with E-state index in [-0.39, 0.29) is 0 Å². The zero-order valence-electron chi connectivity index (χ0n) is 21.0. The van der Waals surface area contributed by atoms with Crippen molar-refractivity contribution in [2.75, 3.05) is 0 Å². The second-order valence-corrected chi connectivity index (χ2v) is 13.4. The Morgan fingerprint density at radius 3 is 2.02 bits per heavy atom. The molecule has 40 heavy (non-hydrogen) atoms. The van der Waals surface area contributed by atoms with Crippen LogP contribution in [0.4, 0.5) is 0 Å². The minimum Gasteiger partial charge on any atom is -0.307 e. The number of hydrogen-bond donors (Lipinski definition) is 0. The molecule has 0 unspecified atom stereocenters. The Balaban J connectivity index is 1.55. The predicted molar refractivity (Wildman–Crippen MR) is 177 cm³/mol. The molecule has 5 heteroatoms. The Morgan fingerprint density at radius 1 is 0.475 bits per heavy atom. The summed E-state index contributed by atoms with van der Waals surface area (Å²) in [6.07, 6.45) is 1.92. The van der Waals surface area contributed by atoms with Crippen LogP contribution in [0.1, 0.15) is 0 Å². The second-order valence-electron chi connectivity index (χ2n) is 10.3. The zero-order chi connectivity index (χ0) is 25.9. The third-order valence-electron chi connectivity index (χ3n) is 8.25. The third kappa shape index (κ3) is 2.60. The molecule has 0 N–H and O–H groups in total. The Kier molecular flexibility index (Phi) is 4.13. The summed E-state index contributed by atoms with van der Waals surface area (Å²) in [6.45, 7) is 0. The summed E-state index contributed by atoms with van der Waals surface area (Å²) < 4.78 is 9.24. The van der Waals surface area contributed by atoms with Gasteiger partial charge in [0, 0.05) is 68.1 Å². The van der Waals surface area contributed by atoms with Crippen LogP contribution >= 0.6 is 34.0 Å². The molecule has 0 spiro atoms. The number of pyridine rings is 1. The quantitative estimate of drug-likeness (QED) is 0.195. The number of aromatic nitrogens is 2. The fourth-order valence-electron chi connectivity index (χ4n) is 6.66. The van der Waals surface area contributed by atoms with E-state index in [0.29, 0.717) is 0 Å². The molecule has 0 atom stereocenters. The smallest absolute Gasteiger partial charge is 0.124 e. The molecule has 10 rings (SSSR count). The highest BCUT2D eigenvalue weighted by molar-refractivity contribution is 7.30. The fourth-order valence-corrected chi connectivity index (χ4v) is 10.4. The van der Waals surface area contributed by atoms with Crippen molar-refractivity contribution in [1.82, 2.24) is 9.55 Å². The predicted octanol–water partition coefficient (Wildman–Crippen LogP) is 11.3. The second kappa shape index (κ2) is 7.67. The topological polar surface area (TPSA) is 17.8 Å². The van der Waals surface area contributed by atoms with Gasteiger partial charge in [0.05, 0.1) is 21.4 Å². The molecule has 0 fully saturated rings. The lowest BCUT2D eigenvalue weighted by Crippen LogP contribution is -1.94. The van der Waals surface area contributed by atoms with Gasteiger partial charge in [0.15, 0.2) is 0 Å². The molecule has 0 amide bonds. The van der Waals surface area contributed by atoms with Gasteiger partial charge >= 0.3 is 0 Å². The van der Waals surface area contributed by atoms with Crippen molar-refractivity contribution >= 4 is 116 Å². The van der Waals surface area contributed by atoms with E-state index in [4.69, 9.17) is 4.98 Å². The van der Waals surface area contributed by atoms with Crippen LogP contribution in [0, 0.1) is 0 Å². The van der Waals surface area contributed by atoms with Gasteiger partial charge in [-0.2, -0.15) is 0 Å². The Bertz CT molecular complexity index is 2630. The van der Waals surface area contributed by atoms with E-state index in [1.807, 2.05) is 40.2 Å². The molecular formula is C35H18N2S3. The molecule has 0 saturated heterocycles. The molecule has 0 aliphatic carbocycles. The number of hydrogen-bond acceptors (Lipinski definition) is 4. The van der Waals surface area contributed by atoms with E-state index < -0.39 is 0 Å². The lowest BCUT2D eigenvalue weighted by Gasteiger charge is -2.11. The monoisotopic (exact) mass is 562 g/mol. The maximum atomic E-state index is 4.85. The van der Waals surface area contributed by atoms with Crippen molar-refractivity contribution in [2.45, 2.75) is 0 Å². The first-order valence-electron chi connectivity index (χ1n) is 13.3. The molecule has 0 bridgehead atoms. The van der Waals surface area contributed by atoms with Gasteiger partial charge < -0.3 is 4.57 Å². The largest absolute Gasteiger partial charge is 0.307 e. The van der Waals surface area contributed by atoms with Crippen LogP contribution in [0.3, 0.4) is 0 Å². The first kappa shape index (κ1) is 21.5. The van der Waals surface area contributed by atoms with Gasteiger partial charge in [0.2, 0.25) is 0 Å². The summed E-state index contributed by atoms with van der Waals surface area (Å²) in [7, 11) is 0. The van der Waals surface area contributed by atoms with Crippen molar-refractivity contribution in [2.24, 2.45) is 0 Å². The fraction of sp³-hybridized carbons (Fsp3) is 0. The van der Waals surface area contributed by atoms with Gasteiger partial charge in [-0.15, -0.1) is 34.0 Å². The number of rotatable bonds is 1. The first-order chi connectivity index (χ1) is 19.9. The van der Waals surface area contributed by atoms with Crippen LogP contribution in [0.15, 0.2) is 109 Å². The van der Waals surface area contributed by atoms with E-state index in [0.717, 1.165) is 4.83 Å². The van der Waals surface area contributed by atoms with Gasteiger partial charge in [0.25, 0.3) is 0 Å². The minimum absolute atomic E-state index is 1.10. The van der Waals surface area contributed by atoms with E-state index in [1.165, 1.54) is 83.3 Å². The molecule has 0 saturated carbocycles. The molecule has 0 aliphatic heterocycles. The number of thiophene rings is 3. The van der Waals surface area contributed by atoms with Crippen molar-refractivity contribution in [3.63, 3.8) is 0 Å². The molecule has 10 aromatic rings. The molecule has 5 heterocycles. The van der Waals surface area contributed by atoms with Crippen LogP contribution in [0.25, 0.3) is 88.1 Å². The lowest BCUT2D eigenvalue weighted by molar-refractivity contribution is 1.21. The molecule has 186 valence electrons. The van der Waals surface area contributed by atoms with Crippen LogP contribution < -0.4 is 0 Å². The zero-order valence-corrected chi connectivity index (χ0v) is 23.5. The van der Waals surface area contributed by atoms with Crippen LogP contribution in [-0.4, -0.2) is 9.55 Å². The minimum atomic E-state index is 1.10. The average Bonchev–Trinajstić information content (AvgIpc) is 3.75. The van der Waals surface area contributed by atoms with Gasteiger partial charge in [0.1, 0.15) is 4.83 Å². The van der Waals surface area contributed by atoms with Crippen molar-refractivity contribution in [3.8, 4) is 5.69 Å². The van der Waals surface area contributed by atoms with Crippen molar-refractivity contribution in [1.29, 1.82) is 0 Å². The summed E-state index contributed by atoms with van der Waals surface area (Å²) in [5.74, 6) is 0. The Morgan fingerprint density at radius 2 is 1.12 bits per heavy atom. The molecule has 5 aromatic heterocycles. The SMILES string of the molecule is c1ccc2c(c1)sc1c(-n3c4ccccc4c4c5sc6ccccc6c5c5sc6ncccc6c5c43)cccc12. The van der Waals surface area contributed by atoms with E-state index >= 15 is 0 Å². The van der Waals surface area contributed by atoms with E-state index in [1.54, 1.807) is 0 Å². The third-order valence-corrected chi connectivity index (χ3v) is 11.8. The van der Waals surface area contributed by atoms with Gasteiger partial charge in [-0.3, -0.25) is 0 Å². The highest BCUT2D eigenvalue weighted by Crippen LogP contribution is 2.52. The maximum Gasteiger partial charge on any atom is 0.124 e.